The van der Waals surface area contributed by atoms with Crippen LogP contribution in [0.1, 0.15) is 13.3 Å². The second-order valence-electron chi connectivity index (χ2n) is 3.47. The van der Waals surface area contributed by atoms with Crippen LogP contribution in [0, 0.1) is 5.82 Å². The first kappa shape index (κ1) is 12.0. The molecule has 15 heavy (non-hydrogen) atoms. The number of carbonyl (C=O) groups is 1. The SMILES string of the molecule is CC(=O)CCN(C)c1ccc(F)c(Cl)c1. The summed E-state index contributed by atoms with van der Waals surface area (Å²) in [6, 6.07) is 4.51. The molecule has 0 aromatic heterocycles. The van der Waals surface area contributed by atoms with Crippen molar-refractivity contribution in [1.82, 2.24) is 0 Å². The summed E-state index contributed by atoms with van der Waals surface area (Å²) in [6.07, 6.45) is 0.478. The molecule has 0 N–H and O–H groups in total. The fraction of sp³-hybridized carbons (Fsp3) is 0.364. The average molecular weight is 230 g/mol. The van der Waals surface area contributed by atoms with E-state index in [-0.39, 0.29) is 10.8 Å². The molecular weight excluding hydrogens is 217 g/mol. The van der Waals surface area contributed by atoms with E-state index in [9.17, 15) is 9.18 Å². The Labute approximate surface area is 93.6 Å². The fourth-order valence-corrected chi connectivity index (χ4v) is 1.35. The van der Waals surface area contributed by atoms with Gasteiger partial charge in [-0.05, 0) is 25.1 Å². The lowest BCUT2D eigenvalue weighted by molar-refractivity contribution is -0.116. The zero-order valence-electron chi connectivity index (χ0n) is 8.76. The van der Waals surface area contributed by atoms with Gasteiger partial charge in [0.05, 0.1) is 5.02 Å². The van der Waals surface area contributed by atoms with Gasteiger partial charge in [0.25, 0.3) is 0 Å². The maximum absolute atomic E-state index is 12.9. The summed E-state index contributed by atoms with van der Waals surface area (Å²) < 4.78 is 12.9. The van der Waals surface area contributed by atoms with Crippen molar-refractivity contribution in [3.8, 4) is 0 Å². The summed E-state index contributed by atoms with van der Waals surface area (Å²) in [5.74, 6) is -0.296. The van der Waals surface area contributed by atoms with Gasteiger partial charge < -0.3 is 4.90 Å². The zero-order chi connectivity index (χ0) is 11.4. The van der Waals surface area contributed by atoms with Crippen molar-refractivity contribution >= 4 is 23.1 Å². The van der Waals surface area contributed by atoms with Crippen LogP contribution in [0.4, 0.5) is 10.1 Å². The van der Waals surface area contributed by atoms with E-state index < -0.39 is 5.82 Å². The first-order valence-corrected chi connectivity index (χ1v) is 5.04. The molecule has 0 bridgehead atoms. The Morgan fingerprint density at radius 3 is 2.73 bits per heavy atom. The molecule has 1 aromatic carbocycles. The summed E-state index contributed by atoms with van der Waals surface area (Å²) in [7, 11) is 1.84. The molecule has 0 aliphatic rings. The highest BCUT2D eigenvalue weighted by Gasteiger charge is 2.05. The molecule has 1 aromatic rings. The molecule has 0 fully saturated rings. The van der Waals surface area contributed by atoms with Crippen molar-refractivity contribution < 1.29 is 9.18 Å². The largest absolute Gasteiger partial charge is 0.374 e. The van der Waals surface area contributed by atoms with Gasteiger partial charge in [0.1, 0.15) is 11.6 Å². The lowest BCUT2D eigenvalue weighted by Gasteiger charge is -2.18. The van der Waals surface area contributed by atoms with E-state index in [4.69, 9.17) is 11.6 Å². The smallest absolute Gasteiger partial charge is 0.141 e. The van der Waals surface area contributed by atoms with Crippen molar-refractivity contribution in [1.29, 1.82) is 0 Å². The van der Waals surface area contributed by atoms with Gasteiger partial charge >= 0.3 is 0 Å². The molecule has 0 unspecified atom stereocenters. The van der Waals surface area contributed by atoms with Gasteiger partial charge in [0.15, 0.2) is 0 Å². The normalized spacial score (nSPS) is 10.1. The van der Waals surface area contributed by atoms with Crippen LogP contribution in [0.5, 0.6) is 0 Å². The van der Waals surface area contributed by atoms with Crippen molar-refractivity contribution in [2.24, 2.45) is 0 Å². The Morgan fingerprint density at radius 2 is 2.20 bits per heavy atom. The number of hydrogen-bond acceptors (Lipinski definition) is 2. The molecule has 1 rings (SSSR count). The first-order valence-electron chi connectivity index (χ1n) is 4.66. The fourth-order valence-electron chi connectivity index (χ4n) is 1.18. The van der Waals surface area contributed by atoms with Crippen LogP contribution in [-0.2, 0) is 4.79 Å². The molecule has 0 amide bonds. The van der Waals surface area contributed by atoms with Crippen LogP contribution < -0.4 is 4.90 Å². The summed E-state index contributed by atoms with van der Waals surface area (Å²) in [5, 5.41) is 0.0992. The minimum atomic E-state index is -0.430. The van der Waals surface area contributed by atoms with Gasteiger partial charge in [0.2, 0.25) is 0 Å². The maximum atomic E-state index is 12.9. The number of hydrogen-bond donors (Lipinski definition) is 0. The van der Waals surface area contributed by atoms with Gasteiger partial charge in [-0.3, -0.25) is 4.79 Å². The van der Waals surface area contributed by atoms with Crippen LogP contribution >= 0.6 is 11.6 Å². The predicted molar refractivity (Wildman–Crippen MR) is 60.0 cm³/mol. The van der Waals surface area contributed by atoms with Crippen LogP contribution in [0.25, 0.3) is 0 Å². The molecular formula is C11H13ClFNO. The van der Waals surface area contributed by atoms with Crippen LogP contribution in [0.2, 0.25) is 5.02 Å². The maximum Gasteiger partial charge on any atom is 0.141 e. The Bertz CT molecular complexity index is 368. The molecule has 0 aliphatic heterocycles. The highest BCUT2D eigenvalue weighted by Crippen LogP contribution is 2.21. The molecule has 0 atom stereocenters. The van der Waals surface area contributed by atoms with Crippen LogP contribution in [0.3, 0.4) is 0 Å². The third-order valence-electron chi connectivity index (χ3n) is 2.14. The van der Waals surface area contributed by atoms with E-state index in [1.165, 1.54) is 6.07 Å². The molecule has 0 heterocycles. The van der Waals surface area contributed by atoms with Gasteiger partial charge in [-0.15, -0.1) is 0 Å². The van der Waals surface area contributed by atoms with Gasteiger partial charge in [-0.2, -0.15) is 0 Å². The van der Waals surface area contributed by atoms with Crippen LogP contribution in [0.15, 0.2) is 18.2 Å². The van der Waals surface area contributed by atoms with Gasteiger partial charge in [-0.1, -0.05) is 11.6 Å². The third-order valence-corrected chi connectivity index (χ3v) is 2.43. The number of rotatable bonds is 4. The summed E-state index contributed by atoms with van der Waals surface area (Å²) in [5.41, 5.74) is 0.808. The van der Waals surface area contributed by atoms with Crippen molar-refractivity contribution in [2.75, 3.05) is 18.5 Å². The van der Waals surface area contributed by atoms with Crippen LogP contribution in [-0.4, -0.2) is 19.4 Å². The Hall–Kier alpha value is -1.09. The van der Waals surface area contributed by atoms with E-state index in [0.717, 1.165) is 5.69 Å². The molecule has 0 spiro atoms. The number of carbonyl (C=O) groups excluding carboxylic acids is 1. The van der Waals surface area contributed by atoms with Crippen molar-refractivity contribution in [2.45, 2.75) is 13.3 Å². The molecule has 82 valence electrons. The predicted octanol–water partition coefficient (Wildman–Crippen LogP) is 2.89. The van der Waals surface area contributed by atoms with E-state index in [1.54, 1.807) is 19.1 Å². The minimum absolute atomic E-state index is 0.0992. The topological polar surface area (TPSA) is 20.3 Å². The summed E-state index contributed by atoms with van der Waals surface area (Å²) in [4.78, 5) is 12.7. The summed E-state index contributed by atoms with van der Waals surface area (Å²) in [6.45, 7) is 2.16. The standard InChI is InChI=1S/C11H13ClFNO/c1-8(15)5-6-14(2)9-3-4-11(13)10(12)7-9/h3-4,7H,5-6H2,1-2H3. The number of halogens is 2. The second kappa shape index (κ2) is 5.12. The molecule has 2 nitrogen and oxygen atoms in total. The average Bonchev–Trinajstić information content (AvgIpc) is 2.18. The van der Waals surface area contributed by atoms with Gasteiger partial charge in [0, 0.05) is 25.7 Å². The Kier molecular flexibility index (Phi) is 4.09. The minimum Gasteiger partial charge on any atom is -0.374 e. The summed E-state index contributed by atoms with van der Waals surface area (Å²) >= 11 is 5.65. The number of benzene rings is 1. The molecule has 4 heteroatoms. The Morgan fingerprint density at radius 1 is 1.53 bits per heavy atom. The quantitative estimate of drug-likeness (QED) is 0.791. The molecule has 0 radical (unpaired) electrons. The van der Waals surface area contributed by atoms with E-state index in [0.29, 0.717) is 13.0 Å². The second-order valence-corrected chi connectivity index (χ2v) is 3.88. The highest BCUT2D eigenvalue weighted by molar-refractivity contribution is 6.31. The van der Waals surface area contributed by atoms with E-state index in [2.05, 4.69) is 0 Å². The monoisotopic (exact) mass is 229 g/mol. The van der Waals surface area contributed by atoms with Gasteiger partial charge in [-0.25, -0.2) is 4.39 Å². The lowest BCUT2D eigenvalue weighted by Crippen LogP contribution is -2.20. The molecule has 0 saturated carbocycles. The van der Waals surface area contributed by atoms with E-state index in [1.807, 2.05) is 11.9 Å². The van der Waals surface area contributed by atoms with Crippen molar-refractivity contribution in [3.63, 3.8) is 0 Å². The highest BCUT2D eigenvalue weighted by atomic mass is 35.5. The lowest BCUT2D eigenvalue weighted by atomic mass is 10.2. The Balaban J connectivity index is 2.69. The number of nitrogens with zero attached hydrogens (tertiary/aromatic N) is 1. The number of ketones is 1. The van der Waals surface area contributed by atoms with Crippen molar-refractivity contribution in [3.05, 3.63) is 29.0 Å². The number of anilines is 1. The third kappa shape index (κ3) is 3.51. The van der Waals surface area contributed by atoms with E-state index >= 15 is 0 Å². The number of Topliss-reactive ketones (excluding diaryl/α,β-unsaturated/α-hetero) is 1. The molecule has 0 aliphatic carbocycles. The molecule has 0 saturated heterocycles. The first-order chi connectivity index (χ1) is 7.00. The zero-order valence-corrected chi connectivity index (χ0v) is 9.51.